The topological polar surface area (TPSA) is 46.5 Å². The minimum absolute atomic E-state index is 0.220. The van der Waals surface area contributed by atoms with Crippen LogP contribution in [0, 0.1) is 24.1 Å². The maximum atomic E-state index is 13.4. The molecule has 2 atom stereocenters. The fourth-order valence-corrected chi connectivity index (χ4v) is 3.32. The lowest BCUT2D eigenvalue weighted by atomic mass is 9.73. The van der Waals surface area contributed by atoms with E-state index in [4.69, 9.17) is 4.74 Å². The van der Waals surface area contributed by atoms with E-state index in [2.05, 4.69) is 0 Å². The lowest BCUT2D eigenvalue weighted by molar-refractivity contribution is -0.153. The number of hydrogen-bond acceptors (Lipinski definition) is 2. The van der Waals surface area contributed by atoms with Crippen molar-refractivity contribution in [3.63, 3.8) is 0 Å². The van der Waals surface area contributed by atoms with Crippen molar-refractivity contribution < 1.29 is 19.0 Å². The van der Waals surface area contributed by atoms with E-state index in [1.807, 2.05) is 6.92 Å². The molecule has 2 aliphatic rings. The van der Waals surface area contributed by atoms with Crippen LogP contribution in [0.25, 0.3) is 0 Å². The van der Waals surface area contributed by atoms with Crippen molar-refractivity contribution in [2.75, 3.05) is 6.61 Å². The highest BCUT2D eigenvalue weighted by atomic mass is 19.1. The minimum atomic E-state index is -0.889. The molecule has 1 saturated carbocycles. The monoisotopic (exact) mass is 278 g/mol. The van der Waals surface area contributed by atoms with Gasteiger partial charge in [-0.25, -0.2) is 4.39 Å². The number of carboxylic acid groups (broad SMARTS) is 1. The Morgan fingerprint density at radius 2 is 2.25 bits per heavy atom. The van der Waals surface area contributed by atoms with Crippen LogP contribution < -0.4 is 0 Å². The Labute approximate surface area is 117 Å². The molecule has 3 rings (SSSR count). The third-order valence-electron chi connectivity index (χ3n) is 4.68. The van der Waals surface area contributed by atoms with E-state index in [0.29, 0.717) is 25.4 Å². The Morgan fingerprint density at radius 1 is 1.50 bits per heavy atom. The van der Waals surface area contributed by atoms with Crippen LogP contribution in [0.3, 0.4) is 0 Å². The van der Waals surface area contributed by atoms with Gasteiger partial charge in [-0.3, -0.25) is 4.79 Å². The molecule has 1 heterocycles. The van der Waals surface area contributed by atoms with E-state index in [1.54, 1.807) is 6.07 Å². The second-order valence-corrected chi connectivity index (χ2v) is 6.09. The number of aryl methyl sites for hydroxylation is 1. The molecule has 1 aliphatic heterocycles. The van der Waals surface area contributed by atoms with E-state index < -0.39 is 11.4 Å². The summed E-state index contributed by atoms with van der Waals surface area (Å²) in [6, 6.07) is 4.58. The molecule has 1 aromatic rings. The second kappa shape index (κ2) is 4.85. The maximum absolute atomic E-state index is 13.4. The highest BCUT2D eigenvalue weighted by molar-refractivity contribution is 5.76. The van der Waals surface area contributed by atoms with Crippen molar-refractivity contribution in [2.24, 2.45) is 11.3 Å². The Balaban J connectivity index is 1.95. The smallest absolute Gasteiger partial charge is 0.312 e. The van der Waals surface area contributed by atoms with E-state index in [0.717, 1.165) is 24.0 Å². The van der Waals surface area contributed by atoms with Crippen molar-refractivity contribution in [3.05, 3.63) is 35.1 Å². The van der Waals surface area contributed by atoms with Crippen molar-refractivity contribution in [1.82, 2.24) is 0 Å². The molecule has 0 amide bonds. The molecule has 2 fully saturated rings. The number of hydrogen-bond donors (Lipinski definition) is 1. The molecule has 1 N–H and O–H groups in total. The average molecular weight is 278 g/mol. The molecule has 2 unspecified atom stereocenters. The largest absolute Gasteiger partial charge is 0.481 e. The number of aliphatic carboxylic acids is 1. The highest BCUT2D eigenvalue weighted by Crippen LogP contribution is 2.49. The SMILES string of the molecule is Cc1ccc(F)cc1CC1(C(=O)O)CCOC1C1CC1. The molecule has 0 radical (unpaired) electrons. The normalized spacial score (nSPS) is 29.6. The van der Waals surface area contributed by atoms with Crippen LogP contribution in [0.1, 0.15) is 30.4 Å². The van der Waals surface area contributed by atoms with Gasteiger partial charge in [-0.1, -0.05) is 6.07 Å². The molecule has 20 heavy (non-hydrogen) atoms. The first-order valence-electron chi connectivity index (χ1n) is 7.13. The highest BCUT2D eigenvalue weighted by Gasteiger charge is 2.55. The summed E-state index contributed by atoms with van der Waals surface area (Å²) < 4.78 is 19.2. The number of carboxylic acids is 1. The summed E-state index contributed by atoms with van der Waals surface area (Å²) in [6.45, 7) is 2.38. The van der Waals surface area contributed by atoms with Crippen LogP contribution in [0.4, 0.5) is 4.39 Å². The molecule has 1 aromatic carbocycles. The zero-order chi connectivity index (χ0) is 14.3. The van der Waals surface area contributed by atoms with Gasteiger partial charge in [0, 0.05) is 6.61 Å². The maximum Gasteiger partial charge on any atom is 0.312 e. The van der Waals surface area contributed by atoms with Gasteiger partial charge in [0.15, 0.2) is 0 Å². The van der Waals surface area contributed by atoms with Crippen molar-refractivity contribution in [3.8, 4) is 0 Å². The first-order valence-corrected chi connectivity index (χ1v) is 7.13. The summed E-state index contributed by atoms with van der Waals surface area (Å²) in [5, 5.41) is 9.76. The summed E-state index contributed by atoms with van der Waals surface area (Å²) in [7, 11) is 0. The van der Waals surface area contributed by atoms with Gasteiger partial charge in [-0.15, -0.1) is 0 Å². The standard InChI is InChI=1S/C16H19FO3/c1-10-2-5-13(17)8-12(10)9-16(15(18)19)6-7-20-14(16)11-3-4-11/h2,5,8,11,14H,3-4,6-7,9H2,1H3,(H,18,19). The van der Waals surface area contributed by atoms with Crippen LogP contribution in [-0.4, -0.2) is 23.8 Å². The lowest BCUT2D eigenvalue weighted by Gasteiger charge is -2.30. The second-order valence-electron chi connectivity index (χ2n) is 6.09. The van der Waals surface area contributed by atoms with Gasteiger partial charge < -0.3 is 9.84 Å². The summed E-state index contributed by atoms with van der Waals surface area (Å²) in [6.07, 6.45) is 2.73. The van der Waals surface area contributed by atoms with Gasteiger partial charge in [0.05, 0.1) is 6.10 Å². The van der Waals surface area contributed by atoms with Gasteiger partial charge in [0.1, 0.15) is 11.2 Å². The summed E-state index contributed by atoms with van der Waals surface area (Å²) in [5.41, 5.74) is 0.830. The Kier molecular flexibility index (Phi) is 3.28. The Bertz CT molecular complexity index is 539. The van der Waals surface area contributed by atoms with Gasteiger partial charge in [-0.2, -0.15) is 0 Å². The average Bonchev–Trinajstić information content (AvgIpc) is 3.15. The Morgan fingerprint density at radius 3 is 2.90 bits per heavy atom. The van der Waals surface area contributed by atoms with Gasteiger partial charge in [0.2, 0.25) is 0 Å². The van der Waals surface area contributed by atoms with E-state index in [-0.39, 0.29) is 11.9 Å². The number of benzene rings is 1. The van der Waals surface area contributed by atoms with Crippen LogP contribution in [0.5, 0.6) is 0 Å². The molecular formula is C16H19FO3. The molecule has 4 heteroatoms. The van der Waals surface area contributed by atoms with Crippen LogP contribution in [-0.2, 0) is 16.0 Å². The fraction of sp³-hybridized carbons (Fsp3) is 0.562. The van der Waals surface area contributed by atoms with Gasteiger partial charge >= 0.3 is 5.97 Å². The molecule has 1 aliphatic carbocycles. The minimum Gasteiger partial charge on any atom is -0.481 e. The predicted molar refractivity (Wildman–Crippen MR) is 72.0 cm³/mol. The molecule has 0 aromatic heterocycles. The van der Waals surface area contributed by atoms with Crippen molar-refractivity contribution in [1.29, 1.82) is 0 Å². The lowest BCUT2D eigenvalue weighted by Crippen LogP contribution is -2.42. The first-order chi connectivity index (χ1) is 9.53. The number of ether oxygens (including phenoxy) is 1. The fourth-order valence-electron chi connectivity index (χ4n) is 3.32. The Hall–Kier alpha value is -1.42. The van der Waals surface area contributed by atoms with Crippen LogP contribution in [0.2, 0.25) is 0 Å². The molecule has 3 nitrogen and oxygen atoms in total. The zero-order valence-electron chi connectivity index (χ0n) is 11.6. The van der Waals surface area contributed by atoms with E-state index >= 15 is 0 Å². The van der Waals surface area contributed by atoms with Crippen LogP contribution >= 0.6 is 0 Å². The molecule has 0 bridgehead atoms. The van der Waals surface area contributed by atoms with E-state index in [1.165, 1.54) is 12.1 Å². The van der Waals surface area contributed by atoms with Gasteiger partial charge in [-0.05, 0) is 61.8 Å². The quantitative estimate of drug-likeness (QED) is 0.921. The molecular weight excluding hydrogens is 259 g/mol. The summed E-state index contributed by atoms with van der Waals surface area (Å²) in [4.78, 5) is 11.9. The predicted octanol–water partition coefficient (Wildman–Crippen LogP) is 2.95. The number of rotatable bonds is 4. The van der Waals surface area contributed by atoms with Crippen molar-refractivity contribution in [2.45, 2.75) is 38.7 Å². The van der Waals surface area contributed by atoms with Gasteiger partial charge in [0.25, 0.3) is 0 Å². The summed E-state index contributed by atoms with van der Waals surface area (Å²) >= 11 is 0. The number of carbonyl (C=O) groups is 1. The number of halogens is 1. The zero-order valence-corrected chi connectivity index (χ0v) is 11.6. The summed E-state index contributed by atoms with van der Waals surface area (Å²) in [5.74, 6) is -0.758. The van der Waals surface area contributed by atoms with Crippen molar-refractivity contribution >= 4 is 5.97 Å². The molecule has 0 spiro atoms. The molecule has 1 saturated heterocycles. The molecule has 108 valence electrons. The van der Waals surface area contributed by atoms with Crippen LogP contribution in [0.15, 0.2) is 18.2 Å². The van der Waals surface area contributed by atoms with E-state index in [9.17, 15) is 14.3 Å². The first kappa shape index (κ1) is 13.6. The third kappa shape index (κ3) is 2.22. The third-order valence-corrected chi connectivity index (χ3v) is 4.68.